The van der Waals surface area contributed by atoms with E-state index in [1.165, 1.54) is 9.75 Å². The van der Waals surface area contributed by atoms with Crippen molar-refractivity contribution in [2.24, 2.45) is 0 Å². The molecule has 2 aromatic rings. The summed E-state index contributed by atoms with van der Waals surface area (Å²) in [7, 11) is 1.67. The number of rotatable bonds is 9. The predicted octanol–water partition coefficient (Wildman–Crippen LogP) is 3.75. The largest absolute Gasteiger partial charge is 0.382 e. The standard InChI is InChI=1S/C15H20O3S2/c1-15(13-5-3-11-19-13,14-6-4-12-20-14)18-10-9-17-8-7-16-2/h3-6,11-12H,7-10H2,1-2H3. The van der Waals surface area contributed by atoms with Crippen LogP contribution in [0.2, 0.25) is 0 Å². The molecule has 0 bridgehead atoms. The zero-order valence-electron chi connectivity index (χ0n) is 11.8. The molecule has 2 aromatic heterocycles. The van der Waals surface area contributed by atoms with Gasteiger partial charge in [-0.1, -0.05) is 12.1 Å². The van der Waals surface area contributed by atoms with Crippen molar-refractivity contribution in [2.75, 3.05) is 33.5 Å². The molecule has 0 aliphatic rings. The highest BCUT2D eigenvalue weighted by molar-refractivity contribution is 7.11. The number of hydrogen-bond donors (Lipinski definition) is 0. The zero-order valence-corrected chi connectivity index (χ0v) is 13.5. The summed E-state index contributed by atoms with van der Waals surface area (Å²) < 4.78 is 16.6. The van der Waals surface area contributed by atoms with E-state index in [1.807, 2.05) is 0 Å². The van der Waals surface area contributed by atoms with Gasteiger partial charge >= 0.3 is 0 Å². The lowest BCUT2D eigenvalue weighted by molar-refractivity contribution is -0.0381. The van der Waals surface area contributed by atoms with E-state index in [0.29, 0.717) is 26.4 Å². The zero-order chi connectivity index (χ0) is 14.3. The van der Waals surface area contributed by atoms with E-state index in [0.717, 1.165) is 0 Å². The summed E-state index contributed by atoms with van der Waals surface area (Å²) in [5, 5.41) is 4.17. The van der Waals surface area contributed by atoms with Gasteiger partial charge in [0.1, 0.15) is 5.60 Å². The topological polar surface area (TPSA) is 27.7 Å². The average molecular weight is 312 g/mol. The molecule has 2 rings (SSSR count). The van der Waals surface area contributed by atoms with Crippen molar-refractivity contribution in [3.8, 4) is 0 Å². The van der Waals surface area contributed by atoms with Gasteiger partial charge in [0.15, 0.2) is 0 Å². The maximum absolute atomic E-state index is 6.15. The van der Waals surface area contributed by atoms with Gasteiger partial charge in [-0.2, -0.15) is 0 Å². The molecule has 0 aliphatic carbocycles. The number of thiophene rings is 2. The van der Waals surface area contributed by atoms with Crippen molar-refractivity contribution in [3.63, 3.8) is 0 Å². The highest BCUT2D eigenvalue weighted by Crippen LogP contribution is 2.38. The molecule has 0 atom stereocenters. The first-order valence-corrected chi connectivity index (χ1v) is 8.32. The molecule has 3 nitrogen and oxygen atoms in total. The molecule has 0 aliphatic heterocycles. The third-order valence-corrected chi connectivity index (χ3v) is 5.18. The second-order valence-electron chi connectivity index (χ2n) is 4.44. The van der Waals surface area contributed by atoms with Crippen LogP contribution in [0.25, 0.3) is 0 Å². The Bertz CT molecular complexity index is 431. The Morgan fingerprint density at radius 2 is 1.55 bits per heavy atom. The summed E-state index contributed by atoms with van der Waals surface area (Å²) in [6, 6.07) is 8.36. The van der Waals surface area contributed by atoms with Gasteiger partial charge in [-0.15, -0.1) is 22.7 Å². The van der Waals surface area contributed by atoms with Gasteiger partial charge in [-0.25, -0.2) is 0 Å². The highest BCUT2D eigenvalue weighted by atomic mass is 32.1. The molecular weight excluding hydrogens is 292 g/mol. The van der Waals surface area contributed by atoms with Gasteiger partial charge < -0.3 is 14.2 Å². The number of methoxy groups -OCH3 is 1. The van der Waals surface area contributed by atoms with Crippen molar-refractivity contribution in [2.45, 2.75) is 12.5 Å². The van der Waals surface area contributed by atoms with Crippen LogP contribution in [0, 0.1) is 0 Å². The molecule has 0 unspecified atom stereocenters. The summed E-state index contributed by atoms with van der Waals surface area (Å²) in [6.45, 7) is 4.49. The normalized spacial score (nSPS) is 11.9. The summed E-state index contributed by atoms with van der Waals surface area (Å²) >= 11 is 3.44. The van der Waals surface area contributed by atoms with Gasteiger partial charge in [0, 0.05) is 16.9 Å². The minimum atomic E-state index is -0.382. The second kappa shape index (κ2) is 7.90. The predicted molar refractivity (Wildman–Crippen MR) is 83.7 cm³/mol. The van der Waals surface area contributed by atoms with Crippen molar-refractivity contribution in [3.05, 3.63) is 44.8 Å². The Hall–Kier alpha value is -0.720. The van der Waals surface area contributed by atoms with E-state index in [-0.39, 0.29) is 5.60 Å². The van der Waals surface area contributed by atoms with E-state index in [9.17, 15) is 0 Å². The fourth-order valence-electron chi connectivity index (χ4n) is 1.91. The van der Waals surface area contributed by atoms with Crippen molar-refractivity contribution in [1.29, 1.82) is 0 Å². The van der Waals surface area contributed by atoms with Crippen LogP contribution in [0.5, 0.6) is 0 Å². The van der Waals surface area contributed by atoms with Crippen LogP contribution < -0.4 is 0 Å². The first-order chi connectivity index (χ1) is 9.77. The molecule has 0 radical (unpaired) electrons. The smallest absolute Gasteiger partial charge is 0.134 e. The van der Waals surface area contributed by atoms with Gasteiger partial charge in [0.05, 0.1) is 26.4 Å². The molecule has 0 saturated carbocycles. The molecule has 0 saturated heterocycles. The minimum absolute atomic E-state index is 0.382. The van der Waals surface area contributed by atoms with Crippen molar-refractivity contribution >= 4 is 22.7 Å². The van der Waals surface area contributed by atoms with E-state index >= 15 is 0 Å². The molecule has 0 fully saturated rings. The molecule has 0 spiro atoms. The molecular formula is C15H20O3S2. The van der Waals surface area contributed by atoms with Crippen LogP contribution in [0.15, 0.2) is 35.0 Å². The van der Waals surface area contributed by atoms with Crippen LogP contribution in [-0.4, -0.2) is 33.5 Å². The quantitative estimate of drug-likeness (QED) is 0.660. The molecule has 5 heteroatoms. The maximum atomic E-state index is 6.15. The Labute approximate surface area is 128 Å². The SMILES string of the molecule is COCCOCCOC(C)(c1cccs1)c1cccs1. The van der Waals surface area contributed by atoms with Gasteiger partial charge in [0.25, 0.3) is 0 Å². The van der Waals surface area contributed by atoms with Gasteiger partial charge in [-0.05, 0) is 29.8 Å². The van der Waals surface area contributed by atoms with E-state index < -0.39 is 0 Å². The van der Waals surface area contributed by atoms with Crippen LogP contribution in [-0.2, 0) is 19.8 Å². The van der Waals surface area contributed by atoms with E-state index in [4.69, 9.17) is 14.2 Å². The third kappa shape index (κ3) is 3.90. The lowest BCUT2D eigenvalue weighted by Crippen LogP contribution is -2.27. The van der Waals surface area contributed by atoms with Crippen molar-refractivity contribution < 1.29 is 14.2 Å². The number of ether oxygens (including phenoxy) is 3. The molecule has 0 amide bonds. The molecule has 110 valence electrons. The fourth-order valence-corrected chi connectivity index (χ4v) is 3.69. The lowest BCUT2D eigenvalue weighted by Gasteiger charge is -2.28. The molecule has 20 heavy (non-hydrogen) atoms. The summed E-state index contributed by atoms with van der Waals surface area (Å²) in [5.41, 5.74) is -0.382. The van der Waals surface area contributed by atoms with Crippen molar-refractivity contribution in [1.82, 2.24) is 0 Å². The number of hydrogen-bond acceptors (Lipinski definition) is 5. The van der Waals surface area contributed by atoms with Crippen LogP contribution in [0.3, 0.4) is 0 Å². The van der Waals surface area contributed by atoms with Crippen LogP contribution in [0.1, 0.15) is 16.7 Å². The van der Waals surface area contributed by atoms with Gasteiger partial charge in [0.2, 0.25) is 0 Å². The Balaban J connectivity index is 1.95. The summed E-state index contributed by atoms with van der Waals surface area (Å²) in [5.74, 6) is 0. The first-order valence-electron chi connectivity index (χ1n) is 6.56. The Kier molecular flexibility index (Phi) is 6.19. The Morgan fingerprint density at radius 1 is 0.950 bits per heavy atom. The second-order valence-corrected chi connectivity index (χ2v) is 6.34. The lowest BCUT2D eigenvalue weighted by atomic mass is 10.0. The molecule has 0 N–H and O–H groups in total. The fraction of sp³-hybridized carbons (Fsp3) is 0.467. The van der Waals surface area contributed by atoms with Crippen LogP contribution >= 0.6 is 22.7 Å². The summed E-state index contributed by atoms with van der Waals surface area (Å²) in [6.07, 6.45) is 0. The minimum Gasteiger partial charge on any atom is -0.382 e. The Morgan fingerprint density at radius 3 is 2.05 bits per heavy atom. The van der Waals surface area contributed by atoms with Crippen LogP contribution in [0.4, 0.5) is 0 Å². The highest BCUT2D eigenvalue weighted by Gasteiger charge is 2.31. The van der Waals surface area contributed by atoms with E-state index in [1.54, 1.807) is 29.8 Å². The monoisotopic (exact) mass is 312 g/mol. The molecule has 2 heterocycles. The van der Waals surface area contributed by atoms with E-state index in [2.05, 4.69) is 41.9 Å². The van der Waals surface area contributed by atoms with Gasteiger partial charge in [-0.3, -0.25) is 0 Å². The summed E-state index contributed by atoms with van der Waals surface area (Å²) in [4.78, 5) is 2.44. The molecule has 0 aromatic carbocycles. The first kappa shape index (κ1) is 15.7. The maximum Gasteiger partial charge on any atom is 0.134 e. The third-order valence-electron chi connectivity index (χ3n) is 3.03. The average Bonchev–Trinajstić information content (AvgIpc) is 3.15.